The van der Waals surface area contributed by atoms with Gasteiger partial charge in [0.05, 0.1) is 6.61 Å². The van der Waals surface area contributed by atoms with Crippen LogP contribution >= 0.6 is 11.6 Å². The Balaban J connectivity index is 1.68. The molecule has 0 radical (unpaired) electrons. The van der Waals surface area contributed by atoms with Gasteiger partial charge in [-0.3, -0.25) is 0 Å². The summed E-state index contributed by atoms with van der Waals surface area (Å²) in [6, 6.07) is 20.7. The van der Waals surface area contributed by atoms with Gasteiger partial charge in [-0.05, 0) is 34.9 Å². The third-order valence-corrected chi connectivity index (χ3v) is 5.45. The summed E-state index contributed by atoms with van der Waals surface area (Å²) in [5.74, 6) is 0.987. The molecule has 0 bridgehead atoms. The Kier molecular flexibility index (Phi) is 8.20. The largest absolute Gasteiger partial charge is 0.493 e. The molecule has 28 heavy (non-hydrogen) atoms. The van der Waals surface area contributed by atoms with Gasteiger partial charge in [0.1, 0.15) is 5.75 Å². The van der Waals surface area contributed by atoms with E-state index in [-0.39, 0.29) is 0 Å². The second kappa shape index (κ2) is 11.1. The van der Waals surface area contributed by atoms with Crippen LogP contribution in [0, 0.1) is 0 Å². The first-order valence-electron chi connectivity index (χ1n) is 10.4. The molecule has 0 heterocycles. The van der Waals surface area contributed by atoms with E-state index in [1.807, 2.05) is 18.2 Å². The SMILES string of the molecule is CCCCCCCOc1ccc2ccccc2c1CNCc1ccccc1Cl. The lowest BCUT2D eigenvalue weighted by molar-refractivity contribution is 0.301. The Morgan fingerprint density at radius 1 is 0.821 bits per heavy atom. The van der Waals surface area contributed by atoms with Crippen LogP contribution in [0.15, 0.2) is 60.7 Å². The molecule has 0 aliphatic heterocycles. The first-order valence-corrected chi connectivity index (χ1v) is 10.7. The van der Waals surface area contributed by atoms with E-state index in [0.717, 1.165) is 42.5 Å². The first-order chi connectivity index (χ1) is 13.8. The molecule has 0 spiro atoms. The number of halogens is 1. The highest BCUT2D eigenvalue weighted by molar-refractivity contribution is 6.31. The Hall–Kier alpha value is -2.03. The third kappa shape index (κ3) is 5.73. The predicted octanol–water partition coefficient (Wildman–Crippen LogP) is 7.13. The van der Waals surface area contributed by atoms with Crippen molar-refractivity contribution in [2.45, 2.75) is 52.1 Å². The van der Waals surface area contributed by atoms with Gasteiger partial charge >= 0.3 is 0 Å². The van der Waals surface area contributed by atoms with Gasteiger partial charge in [0.15, 0.2) is 0 Å². The quantitative estimate of drug-likeness (QED) is 0.348. The van der Waals surface area contributed by atoms with Crippen molar-refractivity contribution in [2.24, 2.45) is 0 Å². The number of fused-ring (bicyclic) bond motifs is 1. The molecular formula is C25H30ClNO. The molecule has 3 heteroatoms. The van der Waals surface area contributed by atoms with Gasteiger partial charge in [-0.25, -0.2) is 0 Å². The molecule has 3 aromatic rings. The van der Waals surface area contributed by atoms with Crippen molar-refractivity contribution in [2.75, 3.05) is 6.61 Å². The Morgan fingerprint density at radius 2 is 1.61 bits per heavy atom. The summed E-state index contributed by atoms with van der Waals surface area (Å²) >= 11 is 6.29. The van der Waals surface area contributed by atoms with E-state index < -0.39 is 0 Å². The Bertz CT molecular complexity index is 877. The standard InChI is InChI=1S/C25H30ClNO/c1-2-3-4-5-10-17-28-25-16-15-20-11-6-8-13-22(20)23(25)19-27-18-21-12-7-9-14-24(21)26/h6-9,11-16,27H,2-5,10,17-19H2,1H3. The average Bonchev–Trinajstić information content (AvgIpc) is 2.73. The van der Waals surface area contributed by atoms with Crippen molar-refractivity contribution in [3.8, 4) is 5.75 Å². The molecule has 0 aliphatic carbocycles. The summed E-state index contributed by atoms with van der Waals surface area (Å²) in [5.41, 5.74) is 2.33. The number of ether oxygens (including phenoxy) is 1. The van der Waals surface area contributed by atoms with Crippen LogP contribution in [0.25, 0.3) is 10.8 Å². The molecule has 2 nitrogen and oxygen atoms in total. The van der Waals surface area contributed by atoms with Crippen LogP contribution in [0.1, 0.15) is 50.2 Å². The highest BCUT2D eigenvalue weighted by Gasteiger charge is 2.09. The van der Waals surface area contributed by atoms with E-state index >= 15 is 0 Å². The van der Waals surface area contributed by atoms with E-state index in [2.05, 4.69) is 54.7 Å². The molecule has 3 rings (SSSR count). The lowest BCUT2D eigenvalue weighted by Gasteiger charge is -2.15. The molecule has 148 valence electrons. The van der Waals surface area contributed by atoms with Crippen LogP contribution in [-0.2, 0) is 13.1 Å². The molecule has 0 atom stereocenters. The van der Waals surface area contributed by atoms with Crippen molar-refractivity contribution in [1.29, 1.82) is 0 Å². The lowest BCUT2D eigenvalue weighted by Crippen LogP contribution is -2.14. The van der Waals surface area contributed by atoms with Crippen LogP contribution < -0.4 is 10.1 Å². The van der Waals surface area contributed by atoms with Gasteiger partial charge in [-0.2, -0.15) is 0 Å². The summed E-state index contributed by atoms with van der Waals surface area (Å²) in [6.45, 7) is 4.50. The summed E-state index contributed by atoms with van der Waals surface area (Å²) in [6.07, 6.45) is 6.23. The first kappa shape index (κ1) is 20.7. The maximum atomic E-state index is 6.29. The summed E-state index contributed by atoms with van der Waals surface area (Å²) in [7, 11) is 0. The van der Waals surface area contributed by atoms with Gasteiger partial charge < -0.3 is 10.1 Å². The number of rotatable bonds is 11. The predicted molar refractivity (Wildman–Crippen MR) is 120 cm³/mol. The second-order valence-electron chi connectivity index (χ2n) is 7.22. The fourth-order valence-corrected chi connectivity index (χ4v) is 3.69. The van der Waals surface area contributed by atoms with E-state index in [9.17, 15) is 0 Å². The van der Waals surface area contributed by atoms with Gasteiger partial charge in [-0.1, -0.05) is 92.7 Å². The summed E-state index contributed by atoms with van der Waals surface area (Å²) in [5, 5.41) is 6.84. The van der Waals surface area contributed by atoms with Crippen molar-refractivity contribution in [1.82, 2.24) is 5.32 Å². The van der Waals surface area contributed by atoms with E-state index in [1.165, 1.54) is 42.0 Å². The van der Waals surface area contributed by atoms with Crippen LogP contribution in [0.3, 0.4) is 0 Å². The topological polar surface area (TPSA) is 21.3 Å². The molecule has 1 N–H and O–H groups in total. The maximum absolute atomic E-state index is 6.29. The number of hydrogen-bond acceptors (Lipinski definition) is 2. The van der Waals surface area contributed by atoms with Gasteiger partial charge in [-0.15, -0.1) is 0 Å². The molecule has 0 amide bonds. The molecule has 0 aromatic heterocycles. The fraction of sp³-hybridized carbons (Fsp3) is 0.360. The smallest absolute Gasteiger partial charge is 0.124 e. The number of unbranched alkanes of at least 4 members (excludes halogenated alkanes) is 4. The van der Waals surface area contributed by atoms with Gasteiger partial charge in [0.25, 0.3) is 0 Å². The van der Waals surface area contributed by atoms with Crippen LogP contribution in [0.2, 0.25) is 5.02 Å². The van der Waals surface area contributed by atoms with Crippen molar-refractivity contribution in [3.63, 3.8) is 0 Å². The molecular weight excluding hydrogens is 366 g/mol. The number of hydrogen-bond donors (Lipinski definition) is 1. The van der Waals surface area contributed by atoms with Crippen LogP contribution in [-0.4, -0.2) is 6.61 Å². The van der Waals surface area contributed by atoms with E-state index in [0.29, 0.717) is 0 Å². The minimum absolute atomic E-state index is 0.735. The van der Waals surface area contributed by atoms with E-state index in [1.54, 1.807) is 0 Å². The maximum Gasteiger partial charge on any atom is 0.124 e. The summed E-state index contributed by atoms with van der Waals surface area (Å²) in [4.78, 5) is 0. The second-order valence-corrected chi connectivity index (χ2v) is 7.63. The minimum Gasteiger partial charge on any atom is -0.493 e. The highest BCUT2D eigenvalue weighted by Crippen LogP contribution is 2.28. The summed E-state index contributed by atoms with van der Waals surface area (Å²) < 4.78 is 6.19. The Morgan fingerprint density at radius 3 is 2.46 bits per heavy atom. The van der Waals surface area contributed by atoms with E-state index in [4.69, 9.17) is 16.3 Å². The Labute approximate surface area is 173 Å². The zero-order valence-electron chi connectivity index (χ0n) is 16.7. The zero-order chi connectivity index (χ0) is 19.6. The van der Waals surface area contributed by atoms with Crippen molar-refractivity contribution >= 4 is 22.4 Å². The van der Waals surface area contributed by atoms with Crippen molar-refractivity contribution in [3.05, 3.63) is 76.8 Å². The monoisotopic (exact) mass is 395 g/mol. The molecule has 3 aromatic carbocycles. The highest BCUT2D eigenvalue weighted by atomic mass is 35.5. The normalized spacial score (nSPS) is 11.1. The number of benzene rings is 3. The molecule has 0 unspecified atom stereocenters. The van der Waals surface area contributed by atoms with Crippen molar-refractivity contribution < 1.29 is 4.74 Å². The lowest BCUT2D eigenvalue weighted by atomic mass is 10.0. The molecule has 0 saturated heterocycles. The van der Waals surface area contributed by atoms with Crippen LogP contribution in [0.4, 0.5) is 0 Å². The van der Waals surface area contributed by atoms with Crippen LogP contribution in [0.5, 0.6) is 5.75 Å². The van der Waals surface area contributed by atoms with Gasteiger partial charge in [0, 0.05) is 23.7 Å². The third-order valence-electron chi connectivity index (χ3n) is 5.08. The minimum atomic E-state index is 0.735. The number of nitrogens with one attached hydrogen (secondary N) is 1. The molecule has 0 fully saturated rings. The average molecular weight is 396 g/mol. The molecule has 0 aliphatic rings. The fourth-order valence-electron chi connectivity index (χ4n) is 3.49. The zero-order valence-corrected chi connectivity index (χ0v) is 17.5. The van der Waals surface area contributed by atoms with Gasteiger partial charge in [0.2, 0.25) is 0 Å². The molecule has 0 saturated carbocycles.